The van der Waals surface area contributed by atoms with Crippen molar-refractivity contribution in [1.29, 1.82) is 0 Å². The van der Waals surface area contributed by atoms with Crippen molar-refractivity contribution in [2.75, 3.05) is 13.2 Å². The lowest BCUT2D eigenvalue weighted by atomic mass is 10.0. The van der Waals surface area contributed by atoms with E-state index < -0.39 is 24.5 Å². The van der Waals surface area contributed by atoms with Gasteiger partial charge in [0.25, 0.3) is 0 Å². The molecule has 358 valence electrons. The number of aliphatic hydroxyl groups is 1. The first-order chi connectivity index (χ1) is 30.3. The number of rotatable bonds is 46. The Hall–Kier alpha value is -3.20. The zero-order chi connectivity index (χ0) is 45.4. The van der Waals surface area contributed by atoms with Gasteiger partial charge >= 0.3 is 11.9 Å². The van der Waals surface area contributed by atoms with Gasteiger partial charge < -0.3 is 25.6 Å². The van der Waals surface area contributed by atoms with E-state index in [0.717, 1.165) is 83.5 Å². The van der Waals surface area contributed by atoms with Crippen LogP contribution in [0, 0.1) is 0 Å². The number of ether oxygens (including phenoxy) is 1. The molecule has 62 heavy (non-hydrogen) atoms. The highest BCUT2D eigenvalue weighted by molar-refractivity contribution is 5.87. The average Bonchev–Trinajstić information content (AvgIpc) is 3.26. The number of nitrogens with one attached hydrogen (secondary N) is 2. The van der Waals surface area contributed by atoms with Crippen LogP contribution >= 0.6 is 0 Å². The summed E-state index contributed by atoms with van der Waals surface area (Å²) in [6.07, 6.45) is 57.2. The van der Waals surface area contributed by atoms with E-state index in [1.165, 1.54) is 122 Å². The van der Waals surface area contributed by atoms with Gasteiger partial charge in [-0.1, -0.05) is 178 Å². The summed E-state index contributed by atoms with van der Waals surface area (Å²) in [5.41, 5.74) is 0. The lowest BCUT2D eigenvalue weighted by Crippen LogP contribution is -2.47. The first-order valence-corrected chi connectivity index (χ1v) is 25.5. The second-order valence-electron chi connectivity index (χ2n) is 17.3. The fourth-order valence-corrected chi connectivity index (χ4v) is 7.37. The Labute approximate surface area is 379 Å². The van der Waals surface area contributed by atoms with Crippen molar-refractivity contribution < 1.29 is 34.1 Å². The molecule has 2 amide bonds. The van der Waals surface area contributed by atoms with Crippen LogP contribution in [0.4, 0.5) is 0 Å². The van der Waals surface area contributed by atoms with Crippen LogP contribution in [0.15, 0.2) is 48.6 Å². The van der Waals surface area contributed by atoms with Gasteiger partial charge in [-0.2, -0.15) is 0 Å². The number of unbranched alkanes of at least 4 members (excludes halogenated alkanes) is 24. The molecule has 0 aliphatic rings. The maximum atomic E-state index is 12.9. The largest absolute Gasteiger partial charge is 0.480 e. The summed E-state index contributed by atoms with van der Waals surface area (Å²) in [6.45, 7) is 3.45. The topological polar surface area (TPSA) is 142 Å². The van der Waals surface area contributed by atoms with E-state index in [9.17, 15) is 19.2 Å². The second kappa shape index (κ2) is 47.3. The van der Waals surface area contributed by atoms with Gasteiger partial charge in [0.2, 0.25) is 11.8 Å². The molecule has 2 unspecified atom stereocenters. The second-order valence-corrected chi connectivity index (χ2v) is 17.3. The quantitative estimate of drug-likeness (QED) is 0.0271. The van der Waals surface area contributed by atoms with Crippen LogP contribution in [0.1, 0.15) is 239 Å². The number of amides is 2. The van der Waals surface area contributed by atoms with E-state index in [0.29, 0.717) is 12.8 Å². The minimum absolute atomic E-state index is 0.0590. The van der Waals surface area contributed by atoms with E-state index in [1.807, 2.05) is 0 Å². The van der Waals surface area contributed by atoms with Crippen LogP contribution in [0.2, 0.25) is 0 Å². The van der Waals surface area contributed by atoms with E-state index in [2.05, 4.69) is 73.1 Å². The van der Waals surface area contributed by atoms with E-state index in [-0.39, 0.29) is 30.9 Å². The molecule has 0 aromatic heterocycles. The fourth-order valence-electron chi connectivity index (χ4n) is 7.37. The Kier molecular flexibility index (Phi) is 44.8. The van der Waals surface area contributed by atoms with Crippen molar-refractivity contribution in [3.63, 3.8) is 0 Å². The highest BCUT2D eigenvalue weighted by atomic mass is 16.5. The van der Waals surface area contributed by atoms with E-state index in [4.69, 9.17) is 14.9 Å². The zero-order valence-corrected chi connectivity index (χ0v) is 39.9. The van der Waals surface area contributed by atoms with Gasteiger partial charge in [-0.15, -0.1) is 0 Å². The zero-order valence-electron chi connectivity index (χ0n) is 39.9. The predicted molar refractivity (Wildman–Crippen MR) is 259 cm³/mol. The molecule has 0 spiro atoms. The van der Waals surface area contributed by atoms with Crippen molar-refractivity contribution in [2.24, 2.45) is 0 Å². The highest BCUT2D eigenvalue weighted by Gasteiger charge is 2.19. The van der Waals surface area contributed by atoms with Gasteiger partial charge in [-0.25, -0.2) is 4.79 Å². The number of carboxylic acids is 1. The molecule has 2 atom stereocenters. The Morgan fingerprint density at radius 2 is 0.887 bits per heavy atom. The highest BCUT2D eigenvalue weighted by Crippen LogP contribution is 2.18. The SMILES string of the molecule is CCCCC/C=C\C/C=C\CCCC(CCCCCCCC(=O)NCC(=O)NC(CO)C(=O)O)OC(=O)CCCCCCCCCCCCC/C=C\C/C=C\CCCCCCC. The van der Waals surface area contributed by atoms with Crippen LogP contribution in [0.5, 0.6) is 0 Å². The van der Waals surface area contributed by atoms with E-state index >= 15 is 0 Å². The van der Waals surface area contributed by atoms with Crippen LogP contribution in [0.25, 0.3) is 0 Å². The standard InChI is InChI=1S/C53H94N2O7/c1-3-5-7-9-11-13-15-16-17-18-19-20-21-22-23-24-25-26-28-30-32-37-41-45-52(59)62-48(42-38-34-31-29-27-14-12-10-8-6-4-2)43-39-35-33-36-40-44-50(57)54-46-51(58)55-49(47-56)53(60)61/h12,14-16,18-19,29,31,48-49,56H,3-11,13,17,20-28,30,32-47H2,1-2H3,(H,54,57)(H,55,58)(H,60,61)/b14-12-,16-15-,19-18-,31-29-. The summed E-state index contributed by atoms with van der Waals surface area (Å²) in [7, 11) is 0. The van der Waals surface area contributed by atoms with Crippen LogP contribution in [0.3, 0.4) is 0 Å². The smallest absolute Gasteiger partial charge is 0.328 e. The third-order valence-corrected chi connectivity index (χ3v) is 11.3. The molecular weight excluding hydrogens is 777 g/mol. The van der Waals surface area contributed by atoms with Crippen LogP contribution in [-0.4, -0.2) is 59.3 Å². The molecule has 0 aromatic carbocycles. The molecule has 0 aliphatic heterocycles. The van der Waals surface area contributed by atoms with Gasteiger partial charge in [0.1, 0.15) is 12.1 Å². The molecule has 0 saturated heterocycles. The predicted octanol–water partition coefficient (Wildman–Crippen LogP) is 13.5. The summed E-state index contributed by atoms with van der Waals surface area (Å²) in [5.74, 6) is -2.32. The van der Waals surface area contributed by atoms with Crippen LogP contribution in [-0.2, 0) is 23.9 Å². The number of carbonyl (C=O) groups is 4. The molecule has 0 bridgehead atoms. The molecule has 0 radical (unpaired) electrons. The number of esters is 1. The van der Waals surface area contributed by atoms with Gasteiger partial charge in [-0.05, 0) is 96.3 Å². The van der Waals surface area contributed by atoms with Crippen molar-refractivity contribution in [3.8, 4) is 0 Å². The van der Waals surface area contributed by atoms with Crippen LogP contribution < -0.4 is 10.6 Å². The Bertz CT molecular complexity index is 1180. The molecule has 4 N–H and O–H groups in total. The third-order valence-electron chi connectivity index (χ3n) is 11.3. The normalized spacial score (nSPS) is 12.8. The van der Waals surface area contributed by atoms with Gasteiger partial charge in [0, 0.05) is 12.8 Å². The molecule has 9 nitrogen and oxygen atoms in total. The third kappa shape index (κ3) is 43.4. The first-order valence-electron chi connectivity index (χ1n) is 25.5. The molecule has 0 aliphatic carbocycles. The van der Waals surface area contributed by atoms with Gasteiger partial charge in [0.15, 0.2) is 0 Å². The number of hydrogen-bond donors (Lipinski definition) is 4. The van der Waals surface area contributed by atoms with Gasteiger partial charge in [-0.3, -0.25) is 14.4 Å². The molecule has 0 saturated carbocycles. The van der Waals surface area contributed by atoms with Crippen molar-refractivity contribution in [3.05, 3.63) is 48.6 Å². The van der Waals surface area contributed by atoms with Crippen molar-refractivity contribution >= 4 is 23.8 Å². The number of allylic oxidation sites excluding steroid dienone is 8. The molecule has 0 heterocycles. The molecular formula is C53H94N2O7. The Morgan fingerprint density at radius 1 is 0.484 bits per heavy atom. The number of hydrogen-bond acceptors (Lipinski definition) is 6. The summed E-state index contributed by atoms with van der Waals surface area (Å²) in [4.78, 5) is 47.7. The summed E-state index contributed by atoms with van der Waals surface area (Å²) in [5, 5.41) is 22.6. The average molecular weight is 871 g/mol. The number of carboxylic acid groups (broad SMARTS) is 1. The number of carbonyl (C=O) groups excluding carboxylic acids is 3. The molecule has 9 heteroatoms. The molecule has 0 rings (SSSR count). The summed E-state index contributed by atoms with van der Waals surface area (Å²) in [6, 6.07) is -1.39. The number of aliphatic carboxylic acids is 1. The minimum Gasteiger partial charge on any atom is -0.480 e. The summed E-state index contributed by atoms with van der Waals surface area (Å²) < 4.78 is 6.03. The Morgan fingerprint density at radius 3 is 1.39 bits per heavy atom. The monoisotopic (exact) mass is 871 g/mol. The van der Waals surface area contributed by atoms with Gasteiger partial charge in [0.05, 0.1) is 13.2 Å². The first kappa shape index (κ1) is 58.8. The van der Waals surface area contributed by atoms with Crippen molar-refractivity contribution in [2.45, 2.75) is 251 Å². The summed E-state index contributed by atoms with van der Waals surface area (Å²) >= 11 is 0. The molecule has 0 aromatic rings. The lowest BCUT2D eigenvalue weighted by molar-refractivity contribution is -0.150. The van der Waals surface area contributed by atoms with Crippen molar-refractivity contribution in [1.82, 2.24) is 10.6 Å². The maximum absolute atomic E-state index is 12.9. The Balaban J connectivity index is 4.21. The minimum atomic E-state index is -1.39. The number of aliphatic hydroxyl groups excluding tert-OH is 1. The maximum Gasteiger partial charge on any atom is 0.328 e. The lowest BCUT2D eigenvalue weighted by Gasteiger charge is -2.18. The fraction of sp³-hybridized carbons (Fsp3) is 0.774. The van der Waals surface area contributed by atoms with E-state index in [1.54, 1.807) is 0 Å². The molecule has 0 fully saturated rings.